The number of benzene rings is 1. The molecule has 0 nitrogen and oxygen atoms in total. The van der Waals surface area contributed by atoms with Crippen LogP contribution in [0.25, 0.3) is 0 Å². The van der Waals surface area contributed by atoms with Gasteiger partial charge in [0.1, 0.15) is 0 Å². The summed E-state index contributed by atoms with van der Waals surface area (Å²) in [5, 5.41) is 0.845. The molecule has 1 heteroatoms. The Kier molecular flexibility index (Phi) is 2.95. The molecular weight excluding hydrogens is 156 g/mol. The first-order valence-electron chi connectivity index (χ1n) is 3.78. The van der Waals surface area contributed by atoms with E-state index in [1.165, 1.54) is 5.56 Å². The van der Waals surface area contributed by atoms with Gasteiger partial charge in [-0.1, -0.05) is 30.7 Å². The van der Waals surface area contributed by atoms with Crippen LogP contribution in [0.1, 0.15) is 17.5 Å². The Labute approximate surface area is 73.2 Å². The van der Waals surface area contributed by atoms with Gasteiger partial charge in [-0.3, -0.25) is 0 Å². The Hall–Kier alpha value is -0.490. The quantitative estimate of drug-likeness (QED) is 0.633. The molecule has 0 N–H and O–H groups in total. The van der Waals surface area contributed by atoms with E-state index in [9.17, 15) is 0 Å². The molecule has 0 amide bonds. The van der Waals surface area contributed by atoms with E-state index in [1.807, 2.05) is 13.0 Å². The van der Waals surface area contributed by atoms with Crippen LogP contribution in [0.5, 0.6) is 0 Å². The van der Waals surface area contributed by atoms with Crippen molar-refractivity contribution in [1.29, 1.82) is 0 Å². The second kappa shape index (κ2) is 3.77. The summed E-state index contributed by atoms with van der Waals surface area (Å²) in [4.78, 5) is 0. The molecule has 0 bridgehead atoms. The van der Waals surface area contributed by atoms with E-state index in [4.69, 9.17) is 11.6 Å². The molecule has 11 heavy (non-hydrogen) atoms. The van der Waals surface area contributed by atoms with Gasteiger partial charge in [0.25, 0.3) is 0 Å². The first kappa shape index (κ1) is 8.61. The van der Waals surface area contributed by atoms with Gasteiger partial charge in [-0.25, -0.2) is 0 Å². The first-order chi connectivity index (χ1) is 5.24. The highest BCUT2D eigenvalue weighted by atomic mass is 35.5. The number of rotatable bonds is 2. The van der Waals surface area contributed by atoms with Gasteiger partial charge < -0.3 is 0 Å². The molecule has 59 valence electrons. The predicted octanol–water partition coefficient (Wildman–Crippen LogP) is 3.42. The number of hydrogen-bond acceptors (Lipinski definition) is 0. The molecule has 1 aromatic carbocycles. The Morgan fingerprint density at radius 3 is 2.73 bits per heavy atom. The second-order valence-electron chi connectivity index (χ2n) is 2.69. The van der Waals surface area contributed by atoms with E-state index in [2.05, 4.69) is 19.1 Å². The molecule has 1 radical (unpaired) electrons. The van der Waals surface area contributed by atoms with Crippen LogP contribution < -0.4 is 0 Å². The average molecular weight is 168 g/mol. The van der Waals surface area contributed by atoms with Crippen LogP contribution in [-0.2, 0) is 6.42 Å². The highest BCUT2D eigenvalue weighted by molar-refractivity contribution is 6.31. The van der Waals surface area contributed by atoms with Crippen LogP contribution in [0.4, 0.5) is 0 Å². The smallest absolute Gasteiger partial charge is 0.0435 e. The van der Waals surface area contributed by atoms with E-state index >= 15 is 0 Å². The maximum Gasteiger partial charge on any atom is 0.0435 e. The molecule has 0 aliphatic rings. The lowest BCUT2D eigenvalue weighted by Crippen LogP contribution is -1.84. The van der Waals surface area contributed by atoms with Crippen LogP contribution in [0, 0.1) is 13.8 Å². The Bertz CT molecular complexity index is 241. The summed E-state index contributed by atoms with van der Waals surface area (Å²) < 4.78 is 0. The maximum atomic E-state index is 5.87. The largest absolute Gasteiger partial charge is 0.0841 e. The summed E-state index contributed by atoms with van der Waals surface area (Å²) in [7, 11) is 0. The molecule has 0 unspecified atom stereocenters. The van der Waals surface area contributed by atoms with Crippen molar-refractivity contribution < 1.29 is 0 Å². The summed E-state index contributed by atoms with van der Waals surface area (Å²) in [5.74, 6) is 0. The maximum absolute atomic E-state index is 5.87. The Balaban J connectivity index is 2.86. The van der Waals surface area contributed by atoms with Gasteiger partial charge in [0.15, 0.2) is 0 Å². The van der Waals surface area contributed by atoms with Gasteiger partial charge in [-0.15, -0.1) is 0 Å². The minimum Gasteiger partial charge on any atom is -0.0841 e. The van der Waals surface area contributed by atoms with Crippen molar-refractivity contribution in [3.63, 3.8) is 0 Å². The fourth-order valence-electron chi connectivity index (χ4n) is 1.07. The van der Waals surface area contributed by atoms with E-state index < -0.39 is 0 Å². The highest BCUT2D eigenvalue weighted by Crippen LogP contribution is 2.16. The van der Waals surface area contributed by atoms with Crippen LogP contribution in [0.3, 0.4) is 0 Å². The second-order valence-corrected chi connectivity index (χ2v) is 3.09. The molecule has 0 spiro atoms. The van der Waals surface area contributed by atoms with Gasteiger partial charge >= 0.3 is 0 Å². The fraction of sp³-hybridized carbons (Fsp3) is 0.300. The Morgan fingerprint density at radius 1 is 1.45 bits per heavy atom. The lowest BCUT2D eigenvalue weighted by molar-refractivity contribution is 0.996. The van der Waals surface area contributed by atoms with Crippen molar-refractivity contribution >= 4 is 11.6 Å². The number of hydrogen-bond donors (Lipinski definition) is 0. The minimum absolute atomic E-state index is 0.845. The molecular formula is C10H12Cl. The molecule has 0 atom stereocenters. The minimum atomic E-state index is 0.845. The van der Waals surface area contributed by atoms with Gasteiger partial charge in [0, 0.05) is 5.02 Å². The molecule has 0 aliphatic heterocycles. The molecule has 0 saturated heterocycles. The van der Waals surface area contributed by atoms with Crippen LogP contribution in [0.2, 0.25) is 5.02 Å². The lowest BCUT2D eigenvalue weighted by Gasteiger charge is -2.01. The van der Waals surface area contributed by atoms with Gasteiger partial charge in [0.2, 0.25) is 0 Å². The normalized spacial score (nSPS) is 10.1. The molecule has 0 fully saturated rings. The van der Waals surface area contributed by atoms with E-state index in [-0.39, 0.29) is 0 Å². The van der Waals surface area contributed by atoms with Crippen LogP contribution >= 0.6 is 11.6 Å². The third-order valence-corrected chi connectivity index (χ3v) is 2.11. The highest BCUT2D eigenvalue weighted by Gasteiger charge is 1.95. The fourth-order valence-corrected chi connectivity index (χ4v) is 1.18. The van der Waals surface area contributed by atoms with E-state index in [0.29, 0.717) is 0 Å². The summed E-state index contributed by atoms with van der Waals surface area (Å²) in [6.45, 7) is 5.82. The topological polar surface area (TPSA) is 0 Å². The molecule has 0 aliphatic carbocycles. The Morgan fingerprint density at radius 2 is 2.18 bits per heavy atom. The lowest BCUT2D eigenvalue weighted by atomic mass is 10.1. The monoisotopic (exact) mass is 167 g/mol. The molecule has 0 saturated carbocycles. The van der Waals surface area contributed by atoms with Gasteiger partial charge in [0.05, 0.1) is 0 Å². The average Bonchev–Trinajstić information content (AvgIpc) is 1.98. The molecule has 1 rings (SSSR count). The van der Waals surface area contributed by atoms with Crippen LogP contribution in [0.15, 0.2) is 18.2 Å². The SMILES string of the molecule is [CH2]CCc1ccc(Cl)c(C)c1. The first-order valence-corrected chi connectivity index (χ1v) is 4.16. The van der Waals surface area contributed by atoms with Crippen molar-refractivity contribution in [3.05, 3.63) is 41.3 Å². The van der Waals surface area contributed by atoms with Crippen LogP contribution in [-0.4, -0.2) is 0 Å². The zero-order valence-corrected chi connectivity index (χ0v) is 7.49. The predicted molar refractivity (Wildman–Crippen MR) is 49.9 cm³/mol. The zero-order chi connectivity index (χ0) is 8.27. The summed E-state index contributed by atoms with van der Waals surface area (Å²) in [6.07, 6.45) is 1.99. The summed E-state index contributed by atoms with van der Waals surface area (Å²) in [5.41, 5.74) is 2.47. The van der Waals surface area contributed by atoms with Crippen molar-refractivity contribution in [3.8, 4) is 0 Å². The summed E-state index contributed by atoms with van der Waals surface area (Å²) in [6, 6.07) is 6.12. The summed E-state index contributed by atoms with van der Waals surface area (Å²) >= 11 is 5.87. The van der Waals surface area contributed by atoms with Crippen molar-refractivity contribution in [2.24, 2.45) is 0 Å². The zero-order valence-electron chi connectivity index (χ0n) is 6.73. The number of halogens is 1. The standard InChI is InChI=1S/C10H12Cl/c1-3-4-9-5-6-10(11)8(2)7-9/h5-7H,1,3-4H2,2H3. The molecule has 0 heterocycles. The van der Waals surface area contributed by atoms with Gasteiger partial charge in [-0.05, 0) is 37.0 Å². The van der Waals surface area contributed by atoms with E-state index in [0.717, 1.165) is 23.4 Å². The van der Waals surface area contributed by atoms with E-state index in [1.54, 1.807) is 0 Å². The third kappa shape index (κ3) is 2.23. The molecule has 0 aromatic heterocycles. The van der Waals surface area contributed by atoms with Crippen molar-refractivity contribution in [2.45, 2.75) is 19.8 Å². The van der Waals surface area contributed by atoms with Gasteiger partial charge in [-0.2, -0.15) is 0 Å². The number of aryl methyl sites for hydroxylation is 2. The third-order valence-electron chi connectivity index (χ3n) is 1.69. The molecule has 1 aromatic rings. The van der Waals surface area contributed by atoms with Crippen molar-refractivity contribution in [1.82, 2.24) is 0 Å². The van der Waals surface area contributed by atoms with Crippen molar-refractivity contribution in [2.75, 3.05) is 0 Å².